The van der Waals surface area contributed by atoms with Gasteiger partial charge in [0.1, 0.15) is 5.56 Å². The second kappa shape index (κ2) is 8.89. The fourth-order valence-electron chi connectivity index (χ4n) is 4.79. The molecule has 0 spiro atoms. The summed E-state index contributed by atoms with van der Waals surface area (Å²) in [5.41, 5.74) is 12.1. The first-order chi connectivity index (χ1) is 14.9. The number of anilines is 2. The van der Waals surface area contributed by atoms with Crippen LogP contribution < -0.4 is 16.8 Å². The van der Waals surface area contributed by atoms with Crippen molar-refractivity contribution in [1.29, 1.82) is 0 Å². The van der Waals surface area contributed by atoms with E-state index in [1.165, 1.54) is 12.3 Å². The molecule has 0 atom stereocenters. The number of aliphatic hydroxyl groups is 1. The molecule has 4 rings (SSSR count). The smallest absolute Gasteiger partial charge is 0.254 e. The maximum Gasteiger partial charge on any atom is 0.254 e. The van der Waals surface area contributed by atoms with Crippen LogP contribution in [-0.4, -0.2) is 62.5 Å². The summed E-state index contributed by atoms with van der Waals surface area (Å²) in [4.78, 5) is 18.0. The molecule has 1 amide bonds. The third-order valence-electron chi connectivity index (χ3n) is 6.74. The highest BCUT2D eigenvalue weighted by Gasteiger charge is 2.39. The molecule has 1 saturated heterocycles. The van der Waals surface area contributed by atoms with Gasteiger partial charge in [-0.05, 0) is 44.6 Å². The van der Waals surface area contributed by atoms with Crippen molar-refractivity contribution in [2.45, 2.75) is 56.2 Å². The van der Waals surface area contributed by atoms with Crippen molar-refractivity contribution in [2.24, 2.45) is 11.5 Å². The molecule has 1 aliphatic heterocycles. The maximum atomic E-state index is 13.4. The molecule has 0 aromatic carbocycles. The molecule has 2 fully saturated rings. The number of likely N-dealkylation sites (tertiary alicyclic amines) is 1. The van der Waals surface area contributed by atoms with Crippen LogP contribution in [0.1, 0.15) is 48.9 Å². The molecule has 0 radical (unpaired) electrons. The molecule has 31 heavy (non-hydrogen) atoms. The monoisotopic (exact) mass is 431 g/mol. The Morgan fingerprint density at radius 3 is 2.61 bits per heavy atom. The summed E-state index contributed by atoms with van der Waals surface area (Å²) in [6.45, 7) is 2.23. The summed E-state index contributed by atoms with van der Waals surface area (Å²) in [7, 11) is 0. The van der Waals surface area contributed by atoms with E-state index in [9.17, 15) is 14.3 Å². The highest BCUT2D eigenvalue weighted by atomic mass is 19.1. The number of carbonyl (C=O) groups excluding carboxylic acids is 1. The Bertz CT molecular complexity index is 918. The summed E-state index contributed by atoms with van der Waals surface area (Å²) in [5.74, 6) is -0.971. The van der Waals surface area contributed by atoms with Crippen LogP contribution in [0.2, 0.25) is 0 Å². The Labute approximate surface area is 180 Å². The number of nitrogens with two attached hydrogens (primary N) is 2. The van der Waals surface area contributed by atoms with E-state index in [-0.39, 0.29) is 17.5 Å². The van der Waals surface area contributed by atoms with Crippen molar-refractivity contribution in [3.63, 3.8) is 0 Å². The van der Waals surface area contributed by atoms with E-state index in [0.717, 1.165) is 51.6 Å². The first-order valence-electron chi connectivity index (χ1n) is 10.8. The molecule has 0 bridgehead atoms. The minimum atomic E-state index is -0.632. The lowest BCUT2D eigenvalue weighted by molar-refractivity contribution is 0.0325. The Hall–Kier alpha value is -2.56. The zero-order valence-electron chi connectivity index (χ0n) is 17.5. The maximum absolute atomic E-state index is 13.4. The van der Waals surface area contributed by atoms with E-state index < -0.39 is 17.4 Å². The first kappa shape index (κ1) is 21.7. The van der Waals surface area contributed by atoms with Gasteiger partial charge >= 0.3 is 0 Å². The van der Waals surface area contributed by atoms with Crippen LogP contribution in [0.3, 0.4) is 0 Å². The SMILES string of the molecule is NCC1(n2cc(C(N)=O)c(Nc3ccnc(F)c3)n2)CCC(N2CCC(O)CC2)CC1. The zero-order chi connectivity index (χ0) is 22.0. The van der Waals surface area contributed by atoms with Crippen molar-refractivity contribution in [3.05, 3.63) is 36.0 Å². The average Bonchev–Trinajstić information content (AvgIpc) is 3.19. The summed E-state index contributed by atoms with van der Waals surface area (Å²) in [6, 6.07) is 3.28. The number of primary amides is 1. The summed E-state index contributed by atoms with van der Waals surface area (Å²) < 4.78 is 15.2. The molecule has 10 heteroatoms. The zero-order valence-corrected chi connectivity index (χ0v) is 17.5. The number of nitrogens with one attached hydrogen (secondary N) is 1. The number of piperidine rings is 1. The van der Waals surface area contributed by atoms with E-state index in [2.05, 4.69) is 20.3 Å². The first-order valence-corrected chi connectivity index (χ1v) is 10.8. The number of carbonyl (C=O) groups is 1. The predicted molar refractivity (Wildman–Crippen MR) is 114 cm³/mol. The lowest BCUT2D eigenvalue weighted by Crippen LogP contribution is -2.50. The molecule has 9 nitrogen and oxygen atoms in total. The minimum absolute atomic E-state index is 0.181. The molecular weight excluding hydrogens is 401 g/mol. The number of amides is 1. The third-order valence-corrected chi connectivity index (χ3v) is 6.74. The fraction of sp³-hybridized carbons (Fsp3) is 0.571. The summed E-state index contributed by atoms with van der Waals surface area (Å²) in [5, 5.41) is 17.3. The number of halogens is 1. The molecule has 2 aliphatic rings. The minimum Gasteiger partial charge on any atom is -0.393 e. The lowest BCUT2D eigenvalue weighted by Gasteiger charge is -2.44. The largest absolute Gasteiger partial charge is 0.393 e. The standard InChI is InChI=1S/C21H30FN7O2/c22-18-11-14(3-8-25-18)26-20-17(19(24)31)12-29(27-20)21(13-23)6-1-15(2-7-21)28-9-4-16(30)5-10-28/h3,8,11-12,15-16,30H,1-2,4-7,9-10,13,23H2,(H2,24,31)(H,25,26,27). The van der Waals surface area contributed by atoms with Crippen molar-refractivity contribution in [2.75, 3.05) is 25.0 Å². The number of aliphatic hydroxyl groups excluding tert-OH is 1. The van der Waals surface area contributed by atoms with Crippen LogP contribution in [0.5, 0.6) is 0 Å². The Kier molecular flexibility index (Phi) is 6.22. The highest BCUT2D eigenvalue weighted by Crippen LogP contribution is 2.37. The van der Waals surface area contributed by atoms with Crippen LogP contribution in [0, 0.1) is 5.95 Å². The lowest BCUT2D eigenvalue weighted by atomic mass is 9.78. The molecule has 1 aliphatic carbocycles. The number of hydrogen-bond acceptors (Lipinski definition) is 7. The highest BCUT2D eigenvalue weighted by molar-refractivity contribution is 5.98. The molecule has 1 saturated carbocycles. The van der Waals surface area contributed by atoms with Gasteiger partial charge in [-0.15, -0.1) is 0 Å². The van der Waals surface area contributed by atoms with Gasteiger partial charge in [0.2, 0.25) is 5.95 Å². The third kappa shape index (κ3) is 4.56. The predicted octanol–water partition coefficient (Wildman–Crippen LogP) is 1.31. The Balaban J connectivity index is 1.52. The van der Waals surface area contributed by atoms with E-state index >= 15 is 0 Å². The number of hydrogen-bond donors (Lipinski definition) is 4. The van der Waals surface area contributed by atoms with Gasteiger partial charge in [0.25, 0.3) is 5.91 Å². The van der Waals surface area contributed by atoms with Crippen LogP contribution in [0.4, 0.5) is 15.9 Å². The number of pyridine rings is 1. The van der Waals surface area contributed by atoms with Gasteiger partial charge in [-0.25, -0.2) is 4.98 Å². The molecule has 3 heterocycles. The quantitative estimate of drug-likeness (QED) is 0.507. The number of aromatic nitrogens is 3. The van der Waals surface area contributed by atoms with Gasteiger partial charge < -0.3 is 26.8 Å². The second-order valence-corrected chi connectivity index (χ2v) is 8.62. The average molecular weight is 432 g/mol. The Morgan fingerprint density at radius 1 is 1.29 bits per heavy atom. The van der Waals surface area contributed by atoms with Crippen LogP contribution in [0.15, 0.2) is 24.5 Å². The van der Waals surface area contributed by atoms with Gasteiger partial charge in [-0.3, -0.25) is 9.48 Å². The van der Waals surface area contributed by atoms with Crippen LogP contribution >= 0.6 is 0 Å². The summed E-state index contributed by atoms with van der Waals surface area (Å²) >= 11 is 0. The number of nitrogens with zero attached hydrogens (tertiary/aromatic N) is 4. The second-order valence-electron chi connectivity index (χ2n) is 8.62. The van der Waals surface area contributed by atoms with E-state index in [0.29, 0.717) is 18.3 Å². The summed E-state index contributed by atoms with van der Waals surface area (Å²) in [6.07, 6.45) is 8.04. The molecule has 168 valence electrons. The van der Waals surface area contributed by atoms with E-state index in [1.54, 1.807) is 16.9 Å². The van der Waals surface area contributed by atoms with Gasteiger partial charge in [0.15, 0.2) is 5.82 Å². The van der Waals surface area contributed by atoms with E-state index in [4.69, 9.17) is 11.5 Å². The van der Waals surface area contributed by atoms with Gasteiger partial charge in [0, 0.05) is 49.8 Å². The topological polar surface area (TPSA) is 135 Å². The van der Waals surface area contributed by atoms with Crippen molar-refractivity contribution in [1.82, 2.24) is 19.7 Å². The van der Waals surface area contributed by atoms with Crippen molar-refractivity contribution in [3.8, 4) is 0 Å². The van der Waals surface area contributed by atoms with Crippen molar-refractivity contribution < 1.29 is 14.3 Å². The van der Waals surface area contributed by atoms with Crippen LogP contribution in [0.25, 0.3) is 0 Å². The van der Waals surface area contributed by atoms with Gasteiger partial charge in [0.05, 0.1) is 11.6 Å². The molecular formula is C21H30FN7O2. The molecule has 0 unspecified atom stereocenters. The Morgan fingerprint density at radius 2 is 2.00 bits per heavy atom. The van der Waals surface area contributed by atoms with Gasteiger partial charge in [-0.1, -0.05) is 0 Å². The normalized spacial score (nSPS) is 25.5. The van der Waals surface area contributed by atoms with Crippen molar-refractivity contribution >= 4 is 17.4 Å². The number of rotatable bonds is 6. The van der Waals surface area contributed by atoms with Crippen LogP contribution in [-0.2, 0) is 5.54 Å². The van der Waals surface area contributed by atoms with Gasteiger partial charge in [-0.2, -0.15) is 9.49 Å². The molecule has 2 aromatic heterocycles. The van der Waals surface area contributed by atoms with E-state index in [1.807, 2.05) is 0 Å². The fourth-order valence-corrected chi connectivity index (χ4v) is 4.79. The molecule has 6 N–H and O–H groups in total. The molecule has 2 aromatic rings.